The number of hydrogen-bond donors (Lipinski definition) is 2. The lowest BCUT2D eigenvalue weighted by Gasteiger charge is -2.32. The molecule has 1 aliphatic heterocycles. The SMILES string of the molecule is CCNC(=NCC1(C)CCCC1)NC1CCN(S(=O)(=O)C(F)(F)F)CC1. The molecule has 1 aliphatic carbocycles. The number of nitrogens with one attached hydrogen (secondary N) is 2. The molecule has 6 nitrogen and oxygen atoms in total. The van der Waals surface area contributed by atoms with Crippen molar-refractivity contribution in [3.63, 3.8) is 0 Å². The molecule has 0 amide bonds. The molecule has 152 valence electrons. The monoisotopic (exact) mass is 398 g/mol. The van der Waals surface area contributed by atoms with Gasteiger partial charge in [-0.1, -0.05) is 19.8 Å². The highest BCUT2D eigenvalue weighted by molar-refractivity contribution is 7.90. The van der Waals surface area contributed by atoms with E-state index in [1.54, 1.807) is 0 Å². The van der Waals surface area contributed by atoms with Gasteiger partial charge < -0.3 is 10.6 Å². The quantitative estimate of drug-likeness (QED) is 0.551. The predicted molar refractivity (Wildman–Crippen MR) is 95.3 cm³/mol. The zero-order valence-corrected chi connectivity index (χ0v) is 16.2. The van der Waals surface area contributed by atoms with Crippen LogP contribution in [0.25, 0.3) is 0 Å². The van der Waals surface area contributed by atoms with Crippen molar-refractivity contribution in [3.8, 4) is 0 Å². The van der Waals surface area contributed by atoms with Gasteiger partial charge in [-0.25, -0.2) is 8.42 Å². The van der Waals surface area contributed by atoms with Gasteiger partial charge in [0.1, 0.15) is 0 Å². The maximum absolute atomic E-state index is 12.6. The number of halogens is 3. The van der Waals surface area contributed by atoms with Gasteiger partial charge in [0, 0.05) is 32.2 Å². The molecule has 2 aliphatic rings. The molecule has 0 aromatic carbocycles. The summed E-state index contributed by atoms with van der Waals surface area (Å²) < 4.78 is 61.4. The molecule has 0 aromatic heterocycles. The molecular formula is C16H29F3N4O2S. The minimum Gasteiger partial charge on any atom is -0.357 e. The van der Waals surface area contributed by atoms with Crippen LogP contribution in [0.4, 0.5) is 13.2 Å². The number of sulfonamides is 1. The molecule has 1 saturated carbocycles. The lowest BCUT2D eigenvalue weighted by Crippen LogP contribution is -2.51. The standard InChI is InChI=1S/C16H29F3N4O2S/c1-3-20-14(21-12-15(2)8-4-5-9-15)22-13-6-10-23(11-7-13)26(24,25)16(17,18)19/h13H,3-12H2,1-2H3,(H2,20,21,22). The van der Waals surface area contributed by atoms with Gasteiger partial charge in [-0.05, 0) is 38.0 Å². The van der Waals surface area contributed by atoms with Crippen molar-refractivity contribution in [2.45, 2.75) is 63.9 Å². The van der Waals surface area contributed by atoms with E-state index in [0.29, 0.717) is 36.2 Å². The van der Waals surface area contributed by atoms with E-state index in [2.05, 4.69) is 22.5 Å². The van der Waals surface area contributed by atoms with Crippen molar-refractivity contribution >= 4 is 16.0 Å². The fourth-order valence-corrected chi connectivity index (χ4v) is 4.54. The van der Waals surface area contributed by atoms with E-state index in [4.69, 9.17) is 0 Å². The van der Waals surface area contributed by atoms with Crippen LogP contribution >= 0.6 is 0 Å². The number of alkyl halides is 3. The zero-order chi connectivity index (χ0) is 19.4. The molecule has 2 rings (SSSR count). The first-order valence-electron chi connectivity index (χ1n) is 9.19. The zero-order valence-electron chi connectivity index (χ0n) is 15.4. The lowest BCUT2D eigenvalue weighted by atomic mass is 9.89. The van der Waals surface area contributed by atoms with E-state index < -0.39 is 15.5 Å². The second-order valence-corrected chi connectivity index (χ2v) is 9.41. The molecule has 10 heteroatoms. The van der Waals surface area contributed by atoms with Gasteiger partial charge in [-0.2, -0.15) is 17.5 Å². The van der Waals surface area contributed by atoms with Crippen molar-refractivity contribution in [2.24, 2.45) is 10.4 Å². The van der Waals surface area contributed by atoms with E-state index in [1.165, 1.54) is 12.8 Å². The Morgan fingerprint density at radius 3 is 2.31 bits per heavy atom. The fraction of sp³-hybridized carbons (Fsp3) is 0.938. The topological polar surface area (TPSA) is 73.8 Å². The van der Waals surface area contributed by atoms with Gasteiger partial charge >= 0.3 is 15.5 Å². The summed E-state index contributed by atoms with van der Waals surface area (Å²) >= 11 is 0. The van der Waals surface area contributed by atoms with Gasteiger partial charge in [-0.15, -0.1) is 0 Å². The molecule has 0 bridgehead atoms. The van der Waals surface area contributed by atoms with Gasteiger partial charge in [0.15, 0.2) is 5.96 Å². The average molecular weight is 398 g/mol. The van der Waals surface area contributed by atoms with Gasteiger partial charge in [-0.3, -0.25) is 4.99 Å². The Morgan fingerprint density at radius 2 is 1.81 bits per heavy atom. The summed E-state index contributed by atoms with van der Waals surface area (Å²) in [6.45, 7) is 5.29. The molecule has 26 heavy (non-hydrogen) atoms. The molecule has 0 spiro atoms. The summed E-state index contributed by atoms with van der Waals surface area (Å²) in [7, 11) is -5.23. The molecule has 1 saturated heterocycles. The van der Waals surface area contributed by atoms with Crippen molar-refractivity contribution in [2.75, 3.05) is 26.2 Å². The van der Waals surface area contributed by atoms with Gasteiger partial charge in [0.25, 0.3) is 0 Å². The van der Waals surface area contributed by atoms with Crippen LogP contribution in [0.3, 0.4) is 0 Å². The van der Waals surface area contributed by atoms with Crippen molar-refractivity contribution in [1.29, 1.82) is 0 Å². The summed E-state index contributed by atoms with van der Waals surface area (Å²) in [4.78, 5) is 4.65. The number of rotatable bonds is 5. The van der Waals surface area contributed by atoms with E-state index in [1.807, 2.05) is 6.92 Å². The maximum atomic E-state index is 12.6. The van der Waals surface area contributed by atoms with Crippen LogP contribution in [-0.4, -0.2) is 56.4 Å². The lowest BCUT2D eigenvalue weighted by molar-refractivity contribution is -0.0494. The van der Waals surface area contributed by atoms with E-state index in [0.717, 1.165) is 12.8 Å². The Morgan fingerprint density at radius 1 is 1.23 bits per heavy atom. The minimum absolute atomic E-state index is 0.0936. The third-order valence-corrected chi connectivity index (χ3v) is 6.83. The number of hydrogen-bond acceptors (Lipinski definition) is 3. The van der Waals surface area contributed by atoms with Crippen LogP contribution in [0.2, 0.25) is 0 Å². The van der Waals surface area contributed by atoms with E-state index in [-0.39, 0.29) is 24.5 Å². The molecule has 0 aromatic rings. The van der Waals surface area contributed by atoms with Crippen LogP contribution in [0.5, 0.6) is 0 Å². The summed E-state index contributed by atoms with van der Waals surface area (Å²) in [5.41, 5.74) is -5.02. The third-order valence-electron chi connectivity index (χ3n) is 5.20. The number of nitrogens with zero attached hydrogens (tertiary/aromatic N) is 2. The summed E-state index contributed by atoms with van der Waals surface area (Å²) in [6, 6.07) is -0.0936. The number of guanidine groups is 1. The molecule has 0 radical (unpaired) electrons. The second-order valence-electron chi connectivity index (χ2n) is 7.48. The van der Waals surface area contributed by atoms with Crippen molar-refractivity contribution < 1.29 is 21.6 Å². The predicted octanol–water partition coefficient (Wildman–Crippen LogP) is 2.44. The summed E-state index contributed by atoms with van der Waals surface area (Å²) in [6.07, 6.45) is 5.39. The first-order valence-corrected chi connectivity index (χ1v) is 10.6. The Kier molecular flexibility index (Phi) is 6.81. The van der Waals surface area contributed by atoms with Gasteiger partial charge in [0.05, 0.1) is 0 Å². The maximum Gasteiger partial charge on any atom is 0.511 e. The number of piperidine rings is 1. The van der Waals surface area contributed by atoms with E-state index >= 15 is 0 Å². The van der Waals surface area contributed by atoms with Crippen LogP contribution in [-0.2, 0) is 10.0 Å². The molecule has 2 N–H and O–H groups in total. The first kappa shape index (κ1) is 21.3. The molecule has 0 atom stereocenters. The normalized spacial score (nSPS) is 23.2. The smallest absolute Gasteiger partial charge is 0.357 e. The third kappa shape index (κ3) is 5.25. The van der Waals surface area contributed by atoms with Crippen molar-refractivity contribution in [1.82, 2.24) is 14.9 Å². The molecular weight excluding hydrogens is 369 g/mol. The molecule has 2 fully saturated rings. The Balaban J connectivity index is 1.91. The average Bonchev–Trinajstić information content (AvgIpc) is 2.99. The molecule has 1 heterocycles. The van der Waals surface area contributed by atoms with Gasteiger partial charge in [0.2, 0.25) is 0 Å². The highest BCUT2D eigenvalue weighted by atomic mass is 32.2. The number of aliphatic imine (C=N–C) groups is 1. The van der Waals surface area contributed by atoms with Crippen molar-refractivity contribution in [3.05, 3.63) is 0 Å². The van der Waals surface area contributed by atoms with Crippen LogP contribution in [0.1, 0.15) is 52.4 Å². The summed E-state index contributed by atoms with van der Waals surface area (Å²) in [5, 5.41) is 6.41. The Bertz CT molecular complexity index is 593. The largest absolute Gasteiger partial charge is 0.511 e. The molecule has 0 unspecified atom stereocenters. The second kappa shape index (κ2) is 8.33. The van der Waals surface area contributed by atoms with Crippen LogP contribution < -0.4 is 10.6 Å². The fourth-order valence-electron chi connectivity index (χ4n) is 3.56. The Labute approximate surface area is 153 Å². The highest BCUT2D eigenvalue weighted by Crippen LogP contribution is 2.37. The summed E-state index contributed by atoms with van der Waals surface area (Å²) in [5.74, 6) is 0.651. The van der Waals surface area contributed by atoms with Crippen LogP contribution in [0, 0.1) is 5.41 Å². The first-order chi connectivity index (χ1) is 12.1. The Hall–Kier alpha value is -1.03. The highest BCUT2D eigenvalue weighted by Gasteiger charge is 2.50. The minimum atomic E-state index is -5.24. The van der Waals surface area contributed by atoms with E-state index in [9.17, 15) is 21.6 Å². The van der Waals surface area contributed by atoms with Crippen LogP contribution in [0.15, 0.2) is 4.99 Å².